The average Bonchev–Trinajstić information content (AvgIpc) is 0.811. The van der Waals surface area contributed by atoms with Gasteiger partial charge in [0, 0.05) is 16.8 Å². The number of rotatable bonds is 0. The molecule has 0 rings (SSSR count). The summed E-state index contributed by atoms with van der Waals surface area (Å²) in [4.78, 5) is 8.56. The molecule has 57 valence electrons. The molecule has 8 N–H and O–H groups in total. The third kappa shape index (κ3) is 1040. The first-order valence-corrected chi connectivity index (χ1v) is 0.651. The van der Waals surface area contributed by atoms with Crippen LogP contribution in [0.3, 0.4) is 0 Å². The summed E-state index contributed by atoms with van der Waals surface area (Å²) in [5.41, 5.74) is 0. The van der Waals surface area contributed by atoms with E-state index in [2.05, 4.69) is 0 Å². The van der Waals surface area contributed by atoms with Crippen molar-refractivity contribution in [3.63, 3.8) is 0 Å². The van der Waals surface area contributed by atoms with E-state index >= 15 is 0 Å². The molecule has 0 aromatic heterocycles. The zero-order chi connectivity index (χ0) is 3.58. The largest absolute Gasteiger partial charge is 0.503 e. The molecule has 0 unspecified atom stereocenters. The second-order valence-corrected chi connectivity index (χ2v) is 0.283. The summed E-state index contributed by atoms with van der Waals surface area (Å²) in [6.07, 6.45) is -1.83. The zero-order valence-electron chi connectivity index (χ0n) is 3.64. The van der Waals surface area contributed by atoms with Crippen LogP contribution in [-0.2, 0) is 16.8 Å². The number of carboxylic acid groups (broad SMARTS) is 2. The predicted octanol–water partition coefficient (Wildman–Crippen LogP) is -2.25. The van der Waals surface area contributed by atoms with E-state index in [0.29, 0.717) is 0 Å². The smallest absolute Gasteiger partial charge is 0.450 e. The van der Waals surface area contributed by atoms with Crippen LogP contribution in [0.15, 0.2) is 0 Å². The van der Waals surface area contributed by atoms with Crippen molar-refractivity contribution in [1.29, 1.82) is 0 Å². The van der Waals surface area contributed by atoms with Crippen LogP contribution in [-0.4, -0.2) is 32.8 Å². The van der Waals surface area contributed by atoms with Gasteiger partial charge in [0.2, 0.25) is 0 Å². The van der Waals surface area contributed by atoms with Gasteiger partial charge in [-0.15, -0.1) is 0 Å². The van der Waals surface area contributed by atoms with Gasteiger partial charge in [0.1, 0.15) is 0 Å². The number of hydrogen-bond donors (Lipinski definition) is 2. The summed E-state index contributed by atoms with van der Waals surface area (Å²) in [5.74, 6) is 0. The first-order chi connectivity index (χ1) is 1.73. The Morgan fingerprint density at radius 1 is 1.00 bits per heavy atom. The monoisotopic (exact) mass is 175 g/mol. The van der Waals surface area contributed by atoms with Gasteiger partial charge in [-0.1, -0.05) is 0 Å². The van der Waals surface area contributed by atoms with Crippen LogP contribution in [0.25, 0.3) is 0 Å². The third-order valence-electron chi connectivity index (χ3n) is 0. The first-order valence-electron chi connectivity index (χ1n) is 0.651. The van der Waals surface area contributed by atoms with Crippen LogP contribution in [0.1, 0.15) is 0 Å². The maximum absolute atomic E-state index is 8.56. The van der Waals surface area contributed by atoms with E-state index in [0.717, 1.165) is 0 Å². The molecule has 6 nitrogen and oxygen atoms in total. The van der Waals surface area contributed by atoms with Crippen molar-refractivity contribution in [1.82, 2.24) is 0 Å². The van der Waals surface area contributed by atoms with Crippen molar-refractivity contribution in [2.75, 3.05) is 0 Å². The fourth-order valence-electron chi connectivity index (χ4n) is 0. The van der Waals surface area contributed by atoms with Crippen molar-refractivity contribution in [2.24, 2.45) is 0 Å². The molecule has 7 heteroatoms. The summed E-state index contributed by atoms with van der Waals surface area (Å²) in [7, 11) is 0. The van der Waals surface area contributed by atoms with E-state index in [-0.39, 0.29) is 33.2 Å². The molecule has 0 amide bonds. The molecular formula is CH8CoO6. The molecular weight excluding hydrogens is 167 g/mol. The van der Waals surface area contributed by atoms with Gasteiger partial charge in [0.05, 0.1) is 0 Å². The molecule has 0 fully saturated rings. The number of carbonyl (C=O) groups is 1. The van der Waals surface area contributed by atoms with Crippen LogP contribution in [0.2, 0.25) is 0 Å². The molecule has 0 saturated heterocycles. The van der Waals surface area contributed by atoms with Gasteiger partial charge < -0.3 is 26.6 Å². The quantitative estimate of drug-likeness (QED) is 0.427. The van der Waals surface area contributed by atoms with Gasteiger partial charge in [-0.3, -0.25) is 0 Å². The second-order valence-electron chi connectivity index (χ2n) is 0.283. The van der Waals surface area contributed by atoms with Crippen LogP contribution in [0.4, 0.5) is 4.79 Å². The van der Waals surface area contributed by atoms with Crippen molar-refractivity contribution >= 4 is 6.16 Å². The van der Waals surface area contributed by atoms with E-state index in [1.165, 1.54) is 0 Å². The van der Waals surface area contributed by atoms with Crippen molar-refractivity contribution in [3.05, 3.63) is 0 Å². The summed E-state index contributed by atoms with van der Waals surface area (Å²) in [6.45, 7) is 0. The maximum Gasteiger partial charge on any atom is 0.503 e. The van der Waals surface area contributed by atoms with Gasteiger partial charge in [-0.25, -0.2) is 4.79 Å². The van der Waals surface area contributed by atoms with Crippen LogP contribution in [0, 0.1) is 0 Å². The zero-order valence-corrected chi connectivity index (χ0v) is 4.68. The Balaban J connectivity index is -0.00000000750. The van der Waals surface area contributed by atoms with Crippen LogP contribution in [0.5, 0.6) is 0 Å². The van der Waals surface area contributed by atoms with Gasteiger partial charge in [-0.05, 0) is 0 Å². The summed E-state index contributed by atoms with van der Waals surface area (Å²) in [6, 6.07) is 0. The van der Waals surface area contributed by atoms with Gasteiger partial charge >= 0.3 is 6.16 Å². The average molecular weight is 175 g/mol. The Labute approximate surface area is 55.3 Å². The SMILES string of the molecule is O.O.O.O=C(O)O.[Co]. The molecule has 0 aliphatic heterocycles. The predicted molar refractivity (Wildman–Crippen MR) is 21.5 cm³/mol. The van der Waals surface area contributed by atoms with Crippen LogP contribution < -0.4 is 0 Å². The van der Waals surface area contributed by atoms with Gasteiger partial charge in [0.25, 0.3) is 0 Å². The molecule has 0 saturated carbocycles. The summed E-state index contributed by atoms with van der Waals surface area (Å²) >= 11 is 0. The van der Waals surface area contributed by atoms with E-state index in [9.17, 15) is 0 Å². The molecule has 0 aliphatic carbocycles. The molecule has 0 atom stereocenters. The minimum atomic E-state index is -1.83. The van der Waals surface area contributed by atoms with E-state index in [1.807, 2.05) is 0 Å². The molecule has 0 aliphatic rings. The fourth-order valence-corrected chi connectivity index (χ4v) is 0. The van der Waals surface area contributed by atoms with Gasteiger partial charge in [-0.2, -0.15) is 0 Å². The Kier molecular flexibility index (Phi) is 181. The van der Waals surface area contributed by atoms with Gasteiger partial charge in [0.15, 0.2) is 0 Å². The molecule has 8 heavy (non-hydrogen) atoms. The molecule has 0 bridgehead atoms. The molecule has 0 spiro atoms. The third-order valence-corrected chi connectivity index (χ3v) is 0. The summed E-state index contributed by atoms with van der Waals surface area (Å²) in [5, 5.41) is 13.9. The molecule has 0 aromatic carbocycles. The van der Waals surface area contributed by atoms with E-state index in [1.54, 1.807) is 0 Å². The molecule has 0 heterocycles. The van der Waals surface area contributed by atoms with Crippen molar-refractivity contribution in [2.45, 2.75) is 0 Å². The topological polar surface area (TPSA) is 152 Å². The second kappa shape index (κ2) is 30.2. The molecule has 1 radical (unpaired) electrons. The van der Waals surface area contributed by atoms with Crippen molar-refractivity contribution in [3.8, 4) is 0 Å². The number of hydrogen-bond acceptors (Lipinski definition) is 1. The van der Waals surface area contributed by atoms with E-state index < -0.39 is 6.16 Å². The van der Waals surface area contributed by atoms with E-state index in [4.69, 9.17) is 15.0 Å². The Hall–Kier alpha value is -0.344. The fraction of sp³-hybridized carbons (Fsp3) is 0. The minimum absolute atomic E-state index is 0. The molecule has 0 aromatic rings. The Morgan fingerprint density at radius 3 is 1.00 bits per heavy atom. The maximum atomic E-state index is 8.56. The Morgan fingerprint density at radius 2 is 1.00 bits per heavy atom. The normalized spacial score (nSPS) is 3.00. The van der Waals surface area contributed by atoms with Crippen LogP contribution >= 0.6 is 0 Å². The minimum Gasteiger partial charge on any atom is -0.450 e. The first kappa shape index (κ1) is 48.1. The summed E-state index contributed by atoms with van der Waals surface area (Å²) < 4.78 is 0. The van der Waals surface area contributed by atoms with Crippen molar-refractivity contribution < 1.29 is 48.2 Å². The Bertz CT molecular complexity index is 31.5. The standard InChI is InChI=1S/CH2O3.Co.3H2O/c2-1(3)4;;;;/h(H2,2,3,4);;3*1H2.